The molecule has 3 rings (SSSR count). The normalized spacial score (nSPS) is 32.8. The summed E-state index contributed by atoms with van der Waals surface area (Å²) in [6, 6.07) is 0.0741. The van der Waals surface area contributed by atoms with Crippen LogP contribution >= 0.6 is 0 Å². The lowest BCUT2D eigenvalue weighted by Crippen LogP contribution is -2.29. The smallest absolute Gasteiger partial charge is 0.407 e. The van der Waals surface area contributed by atoms with Gasteiger partial charge in [-0.1, -0.05) is 5.10 Å². The van der Waals surface area contributed by atoms with E-state index in [2.05, 4.69) is 10.2 Å². The van der Waals surface area contributed by atoms with Gasteiger partial charge in [0, 0.05) is 19.0 Å². The zero-order chi connectivity index (χ0) is 10.6. The fraction of sp³-hybridized carbons (Fsp3) is 0.625. The van der Waals surface area contributed by atoms with Crippen LogP contribution in [-0.2, 0) is 0 Å². The van der Waals surface area contributed by atoms with Gasteiger partial charge in [0.15, 0.2) is 0 Å². The lowest BCUT2D eigenvalue weighted by molar-refractivity contribution is 0.149. The molecule has 2 aliphatic rings. The van der Waals surface area contributed by atoms with Crippen molar-refractivity contribution in [1.82, 2.24) is 15.1 Å². The molecule has 0 spiro atoms. The van der Waals surface area contributed by atoms with Gasteiger partial charge in [0.2, 0.25) is 5.89 Å². The predicted molar refractivity (Wildman–Crippen MR) is 48.0 cm³/mol. The minimum Gasteiger partial charge on any atom is -0.465 e. The number of piperidine rings is 1. The molecule has 1 saturated carbocycles. The summed E-state index contributed by atoms with van der Waals surface area (Å²) < 4.78 is 5.13. The van der Waals surface area contributed by atoms with Crippen LogP contribution in [0.5, 0.6) is 0 Å². The second-order valence-electron chi connectivity index (χ2n) is 4.02. The molecule has 0 radical (unpaired) electrons. The molecule has 7 nitrogen and oxygen atoms in total. The summed E-state index contributed by atoms with van der Waals surface area (Å²) in [4.78, 5) is 12.1. The van der Waals surface area contributed by atoms with Gasteiger partial charge in [-0.2, -0.15) is 0 Å². The molecule has 3 atom stereocenters. The van der Waals surface area contributed by atoms with Crippen LogP contribution in [0.3, 0.4) is 0 Å². The molecule has 1 aliphatic heterocycles. The highest BCUT2D eigenvalue weighted by Gasteiger charge is 2.60. The Morgan fingerprint density at radius 3 is 2.60 bits per heavy atom. The Balaban J connectivity index is 1.70. The van der Waals surface area contributed by atoms with Crippen molar-refractivity contribution in [3.8, 4) is 0 Å². The monoisotopic (exact) mass is 210 g/mol. The number of nitrogens with zero attached hydrogens (tertiary/aromatic N) is 3. The van der Waals surface area contributed by atoms with Crippen LogP contribution < -0.4 is 5.73 Å². The lowest BCUT2D eigenvalue weighted by atomic mass is 10.3. The van der Waals surface area contributed by atoms with E-state index in [4.69, 9.17) is 15.3 Å². The molecule has 3 N–H and O–H groups in total. The summed E-state index contributed by atoms with van der Waals surface area (Å²) in [5, 5.41) is 16.2. The second-order valence-corrected chi connectivity index (χ2v) is 4.02. The number of aromatic nitrogens is 2. The first-order chi connectivity index (χ1) is 7.16. The molecule has 1 aliphatic carbocycles. The summed E-state index contributed by atoms with van der Waals surface area (Å²) in [7, 11) is 0. The third kappa shape index (κ3) is 1.15. The highest BCUT2D eigenvalue weighted by atomic mass is 16.4. The molecule has 7 heteroatoms. The van der Waals surface area contributed by atoms with Crippen molar-refractivity contribution in [2.24, 2.45) is 11.8 Å². The molecule has 1 saturated heterocycles. The molecule has 80 valence electrons. The van der Waals surface area contributed by atoms with Gasteiger partial charge in [0.1, 0.15) is 0 Å². The van der Waals surface area contributed by atoms with Crippen molar-refractivity contribution in [1.29, 1.82) is 0 Å². The van der Waals surface area contributed by atoms with Crippen LogP contribution in [-0.4, -0.2) is 39.4 Å². The van der Waals surface area contributed by atoms with Crippen LogP contribution in [0.2, 0.25) is 0 Å². The number of likely N-dealkylation sites (tertiary alicyclic amines) is 1. The van der Waals surface area contributed by atoms with Crippen LogP contribution in [0.25, 0.3) is 0 Å². The van der Waals surface area contributed by atoms with Crippen molar-refractivity contribution in [2.45, 2.75) is 5.92 Å². The number of anilines is 1. The standard InChI is InChI=1S/C8H10N4O3/c9-7-11-10-6(15-7)5-3-1-12(8(13)14)2-4(3)5/h3-5H,1-2H2,(H2,9,11)(H,13,14)/t3-,4+,5+. The topological polar surface area (TPSA) is 105 Å². The fourth-order valence-electron chi connectivity index (χ4n) is 2.43. The van der Waals surface area contributed by atoms with E-state index in [1.165, 1.54) is 4.90 Å². The van der Waals surface area contributed by atoms with E-state index in [1.54, 1.807) is 0 Å². The molecule has 1 amide bonds. The SMILES string of the molecule is Nc1nnc([C@H]2[C@@H]3CN(C(=O)O)C[C@@H]32)o1. The minimum absolute atomic E-state index is 0.0741. The van der Waals surface area contributed by atoms with Gasteiger partial charge in [0.25, 0.3) is 0 Å². The van der Waals surface area contributed by atoms with Crippen molar-refractivity contribution in [3.05, 3.63) is 5.89 Å². The van der Waals surface area contributed by atoms with Gasteiger partial charge in [-0.3, -0.25) is 0 Å². The number of hydrogen-bond acceptors (Lipinski definition) is 5. The first-order valence-corrected chi connectivity index (χ1v) is 4.73. The summed E-state index contributed by atoms with van der Waals surface area (Å²) in [5.41, 5.74) is 5.33. The van der Waals surface area contributed by atoms with Crippen molar-refractivity contribution < 1.29 is 14.3 Å². The van der Waals surface area contributed by atoms with Crippen LogP contribution in [0.4, 0.5) is 10.8 Å². The van der Waals surface area contributed by atoms with Gasteiger partial charge in [-0.25, -0.2) is 4.79 Å². The fourth-order valence-corrected chi connectivity index (χ4v) is 2.43. The second kappa shape index (κ2) is 2.62. The third-order valence-corrected chi connectivity index (χ3v) is 3.21. The Hall–Kier alpha value is -1.79. The molecule has 1 aromatic rings. The van der Waals surface area contributed by atoms with E-state index in [-0.39, 0.29) is 11.9 Å². The first kappa shape index (κ1) is 8.51. The highest BCUT2D eigenvalue weighted by Crippen LogP contribution is 2.57. The first-order valence-electron chi connectivity index (χ1n) is 4.73. The van der Waals surface area contributed by atoms with Crippen LogP contribution in [0.1, 0.15) is 11.8 Å². The molecule has 2 heterocycles. The van der Waals surface area contributed by atoms with E-state index in [0.29, 0.717) is 30.8 Å². The van der Waals surface area contributed by atoms with Crippen molar-refractivity contribution in [3.63, 3.8) is 0 Å². The highest BCUT2D eigenvalue weighted by molar-refractivity contribution is 5.66. The quantitative estimate of drug-likeness (QED) is 0.674. The van der Waals surface area contributed by atoms with Gasteiger partial charge < -0.3 is 20.2 Å². The Labute approximate surface area is 84.9 Å². The Morgan fingerprint density at radius 2 is 2.13 bits per heavy atom. The van der Waals surface area contributed by atoms with Crippen LogP contribution in [0, 0.1) is 11.8 Å². The molecular formula is C8H10N4O3. The molecule has 0 unspecified atom stereocenters. The Bertz CT molecular complexity index is 406. The number of amides is 1. The molecule has 15 heavy (non-hydrogen) atoms. The summed E-state index contributed by atoms with van der Waals surface area (Å²) in [5.74, 6) is 1.43. The Kier molecular flexibility index (Phi) is 1.49. The maximum atomic E-state index is 10.7. The van der Waals surface area contributed by atoms with E-state index in [9.17, 15) is 4.79 Å². The summed E-state index contributed by atoms with van der Waals surface area (Å²) in [6.45, 7) is 1.12. The van der Waals surface area contributed by atoms with E-state index in [1.807, 2.05) is 0 Å². The molecule has 0 bridgehead atoms. The Morgan fingerprint density at radius 1 is 1.47 bits per heavy atom. The number of carbonyl (C=O) groups is 1. The maximum absolute atomic E-state index is 10.7. The number of nitrogens with two attached hydrogens (primary N) is 1. The number of hydrogen-bond donors (Lipinski definition) is 2. The number of rotatable bonds is 1. The van der Waals surface area contributed by atoms with Gasteiger partial charge in [-0.15, -0.1) is 5.10 Å². The molecule has 2 fully saturated rings. The molecule has 1 aromatic heterocycles. The van der Waals surface area contributed by atoms with Gasteiger partial charge in [-0.05, 0) is 11.8 Å². The maximum Gasteiger partial charge on any atom is 0.407 e. The molecular weight excluding hydrogens is 200 g/mol. The predicted octanol–water partition coefficient (Wildman–Crippen LogP) is -0.0250. The number of carboxylic acid groups (broad SMARTS) is 1. The average Bonchev–Trinajstić information content (AvgIpc) is 2.62. The largest absolute Gasteiger partial charge is 0.465 e. The lowest BCUT2D eigenvalue weighted by Gasteiger charge is -2.14. The third-order valence-electron chi connectivity index (χ3n) is 3.21. The zero-order valence-corrected chi connectivity index (χ0v) is 7.83. The van der Waals surface area contributed by atoms with Crippen molar-refractivity contribution >= 4 is 12.1 Å². The van der Waals surface area contributed by atoms with Gasteiger partial charge in [0.05, 0.1) is 0 Å². The average molecular weight is 210 g/mol. The summed E-state index contributed by atoms with van der Waals surface area (Å²) in [6.07, 6.45) is -0.856. The number of fused-ring (bicyclic) bond motifs is 1. The van der Waals surface area contributed by atoms with Crippen molar-refractivity contribution in [2.75, 3.05) is 18.8 Å². The minimum atomic E-state index is -0.856. The number of nitrogen functional groups attached to an aromatic ring is 1. The molecule has 0 aromatic carbocycles. The van der Waals surface area contributed by atoms with E-state index < -0.39 is 6.09 Å². The van der Waals surface area contributed by atoms with Gasteiger partial charge >= 0.3 is 12.1 Å². The van der Waals surface area contributed by atoms with E-state index in [0.717, 1.165) is 0 Å². The zero-order valence-electron chi connectivity index (χ0n) is 7.83. The van der Waals surface area contributed by atoms with Crippen LogP contribution in [0.15, 0.2) is 4.42 Å². The summed E-state index contributed by atoms with van der Waals surface area (Å²) >= 11 is 0. The van der Waals surface area contributed by atoms with E-state index >= 15 is 0 Å².